The van der Waals surface area contributed by atoms with Crippen molar-refractivity contribution in [1.82, 2.24) is 14.3 Å². The predicted octanol–water partition coefficient (Wildman–Crippen LogP) is 1.18. The number of hydrogen-bond acceptors (Lipinski definition) is 5. The summed E-state index contributed by atoms with van der Waals surface area (Å²) >= 11 is 5.54. The summed E-state index contributed by atoms with van der Waals surface area (Å²) in [6, 6.07) is -0.180. The highest BCUT2D eigenvalue weighted by Gasteiger charge is 2.27. The van der Waals surface area contributed by atoms with E-state index in [2.05, 4.69) is 9.97 Å². The molecule has 0 aromatic carbocycles. The number of sulfonamides is 1. The molecule has 1 aromatic rings. The van der Waals surface area contributed by atoms with Gasteiger partial charge in [-0.05, 0) is 25.4 Å². The molecule has 0 atom stereocenters. The van der Waals surface area contributed by atoms with Gasteiger partial charge in [0.2, 0.25) is 15.3 Å². The molecule has 18 heavy (non-hydrogen) atoms. The van der Waals surface area contributed by atoms with Crippen molar-refractivity contribution >= 4 is 21.6 Å². The molecule has 1 heterocycles. The number of halogens is 1. The molecule has 0 saturated carbocycles. The summed E-state index contributed by atoms with van der Waals surface area (Å²) in [7, 11) is -2.10. The summed E-state index contributed by atoms with van der Waals surface area (Å²) in [6.45, 7) is 4.19. The number of hydrogen-bond donors (Lipinski definition) is 0. The molecule has 8 heteroatoms. The molecule has 0 amide bonds. The van der Waals surface area contributed by atoms with Crippen LogP contribution in [0.5, 0.6) is 0 Å². The summed E-state index contributed by atoms with van der Waals surface area (Å²) in [6.07, 6.45) is 2.40. The average molecular weight is 294 g/mol. The van der Waals surface area contributed by atoms with Crippen LogP contribution in [0.1, 0.15) is 13.8 Å². The van der Waals surface area contributed by atoms with Crippen molar-refractivity contribution in [3.63, 3.8) is 0 Å². The Hall–Kier alpha value is -0.760. The van der Waals surface area contributed by atoms with Crippen LogP contribution in [0.4, 0.5) is 0 Å². The minimum Gasteiger partial charge on any atom is -0.383 e. The molecular weight excluding hydrogens is 278 g/mol. The summed E-state index contributed by atoms with van der Waals surface area (Å²) < 4.78 is 30.9. The molecule has 0 aliphatic carbocycles. The third-order valence-corrected chi connectivity index (χ3v) is 4.52. The summed E-state index contributed by atoms with van der Waals surface area (Å²) in [4.78, 5) is 7.39. The maximum atomic E-state index is 12.3. The van der Waals surface area contributed by atoms with Crippen molar-refractivity contribution in [1.29, 1.82) is 0 Å². The highest BCUT2D eigenvalue weighted by atomic mass is 35.5. The number of nitrogens with zero attached hydrogens (tertiary/aromatic N) is 3. The maximum absolute atomic E-state index is 12.3. The molecule has 1 rings (SSSR count). The van der Waals surface area contributed by atoms with Gasteiger partial charge in [0.1, 0.15) is 4.90 Å². The van der Waals surface area contributed by atoms with Crippen LogP contribution in [-0.2, 0) is 14.8 Å². The number of ether oxygens (including phenoxy) is 1. The van der Waals surface area contributed by atoms with Gasteiger partial charge in [0.15, 0.2) is 0 Å². The van der Waals surface area contributed by atoms with E-state index < -0.39 is 10.0 Å². The van der Waals surface area contributed by atoms with Crippen LogP contribution in [0.2, 0.25) is 5.28 Å². The first-order valence-electron chi connectivity index (χ1n) is 5.38. The molecule has 0 bridgehead atoms. The Morgan fingerprint density at radius 1 is 1.39 bits per heavy atom. The molecule has 0 saturated heterocycles. The molecule has 0 unspecified atom stereocenters. The second-order valence-corrected chi connectivity index (χ2v) is 6.12. The molecule has 1 aromatic heterocycles. The van der Waals surface area contributed by atoms with Crippen LogP contribution in [0, 0.1) is 0 Å². The SMILES string of the molecule is COCCN(C(C)C)S(=O)(=O)c1cnc(Cl)nc1. The fourth-order valence-corrected chi connectivity index (χ4v) is 3.02. The highest BCUT2D eigenvalue weighted by molar-refractivity contribution is 7.89. The van der Waals surface area contributed by atoms with E-state index in [0.717, 1.165) is 0 Å². The van der Waals surface area contributed by atoms with Crippen LogP contribution in [0.3, 0.4) is 0 Å². The normalized spacial score (nSPS) is 12.3. The minimum atomic E-state index is -3.62. The lowest BCUT2D eigenvalue weighted by atomic mass is 10.4. The van der Waals surface area contributed by atoms with Crippen molar-refractivity contribution in [2.45, 2.75) is 24.8 Å². The molecule has 6 nitrogen and oxygen atoms in total. The molecule has 0 aliphatic rings. The molecular formula is C10H16ClN3O3S. The van der Waals surface area contributed by atoms with Gasteiger partial charge in [0.25, 0.3) is 0 Å². The van der Waals surface area contributed by atoms with Crippen LogP contribution in [0.15, 0.2) is 17.3 Å². The lowest BCUT2D eigenvalue weighted by Crippen LogP contribution is -2.39. The van der Waals surface area contributed by atoms with Crippen LogP contribution in [-0.4, -0.2) is 49.0 Å². The number of rotatable bonds is 6. The average Bonchev–Trinajstić information content (AvgIpc) is 2.29. The smallest absolute Gasteiger partial charge is 0.246 e. The van der Waals surface area contributed by atoms with Gasteiger partial charge >= 0.3 is 0 Å². The van der Waals surface area contributed by atoms with E-state index in [-0.39, 0.29) is 22.8 Å². The van der Waals surface area contributed by atoms with Crippen molar-refractivity contribution < 1.29 is 13.2 Å². The van der Waals surface area contributed by atoms with E-state index in [1.165, 1.54) is 23.8 Å². The van der Waals surface area contributed by atoms with Crippen molar-refractivity contribution in [2.24, 2.45) is 0 Å². The van der Waals surface area contributed by atoms with Crippen molar-refractivity contribution in [3.8, 4) is 0 Å². The Kier molecular flexibility index (Phi) is 5.46. The maximum Gasteiger partial charge on any atom is 0.246 e. The third kappa shape index (κ3) is 3.61. The van der Waals surface area contributed by atoms with Gasteiger partial charge in [-0.25, -0.2) is 18.4 Å². The summed E-state index contributed by atoms with van der Waals surface area (Å²) in [5, 5.41) is 0.0157. The Morgan fingerprint density at radius 3 is 2.39 bits per heavy atom. The predicted molar refractivity (Wildman–Crippen MR) is 67.9 cm³/mol. The number of aromatic nitrogens is 2. The lowest BCUT2D eigenvalue weighted by Gasteiger charge is -2.25. The largest absolute Gasteiger partial charge is 0.383 e. The topological polar surface area (TPSA) is 72.4 Å². The van der Waals surface area contributed by atoms with Gasteiger partial charge in [-0.15, -0.1) is 0 Å². The second-order valence-electron chi connectivity index (χ2n) is 3.89. The third-order valence-electron chi connectivity index (χ3n) is 2.29. The Labute approximate surface area is 112 Å². The van der Waals surface area contributed by atoms with Gasteiger partial charge in [-0.3, -0.25) is 0 Å². The van der Waals surface area contributed by atoms with E-state index in [1.807, 2.05) is 0 Å². The first-order chi connectivity index (χ1) is 8.39. The monoisotopic (exact) mass is 293 g/mol. The van der Waals surface area contributed by atoms with E-state index >= 15 is 0 Å². The summed E-state index contributed by atoms with van der Waals surface area (Å²) in [5.74, 6) is 0. The van der Waals surface area contributed by atoms with Crippen LogP contribution < -0.4 is 0 Å². The van der Waals surface area contributed by atoms with Crippen LogP contribution >= 0.6 is 11.6 Å². The van der Waals surface area contributed by atoms with E-state index in [0.29, 0.717) is 6.61 Å². The quantitative estimate of drug-likeness (QED) is 0.736. The van der Waals surface area contributed by atoms with Gasteiger partial charge < -0.3 is 4.74 Å². The fraction of sp³-hybridized carbons (Fsp3) is 0.600. The second kappa shape index (κ2) is 6.42. The first-order valence-corrected chi connectivity index (χ1v) is 7.19. The standard InChI is InChI=1S/C10H16ClN3O3S/c1-8(2)14(4-5-17-3)18(15,16)9-6-12-10(11)13-7-9/h6-8H,4-5H2,1-3H3. The zero-order chi connectivity index (χ0) is 13.8. The van der Waals surface area contributed by atoms with Crippen molar-refractivity contribution in [3.05, 3.63) is 17.7 Å². The molecule has 0 aliphatic heterocycles. The van der Waals surface area contributed by atoms with Crippen molar-refractivity contribution in [2.75, 3.05) is 20.3 Å². The Balaban J connectivity index is 3.05. The Morgan fingerprint density at radius 2 is 1.94 bits per heavy atom. The lowest BCUT2D eigenvalue weighted by molar-refractivity contribution is 0.171. The molecule has 0 radical (unpaired) electrons. The molecule has 0 spiro atoms. The van der Waals surface area contributed by atoms with E-state index in [1.54, 1.807) is 13.8 Å². The van der Waals surface area contributed by atoms with E-state index in [9.17, 15) is 8.42 Å². The zero-order valence-corrected chi connectivity index (χ0v) is 12.1. The van der Waals surface area contributed by atoms with Gasteiger partial charge in [0.05, 0.1) is 19.0 Å². The Bertz CT molecular complexity index is 476. The first kappa shape index (κ1) is 15.3. The summed E-state index contributed by atoms with van der Waals surface area (Å²) in [5.41, 5.74) is 0. The highest BCUT2D eigenvalue weighted by Crippen LogP contribution is 2.17. The minimum absolute atomic E-state index is 0.0157. The van der Waals surface area contributed by atoms with Crippen LogP contribution in [0.25, 0.3) is 0 Å². The van der Waals surface area contributed by atoms with Gasteiger partial charge in [-0.1, -0.05) is 0 Å². The fourth-order valence-electron chi connectivity index (χ4n) is 1.41. The van der Waals surface area contributed by atoms with Gasteiger partial charge in [0, 0.05) is 19.7 Å². The molecule has 102 valence electrons. The zero-order valence-electron chi connectivity index (χ0n) is 10.5. The van der Waals surface area contributed by atoms with E-state index in [4.69, 9.17) is 16.3 Å². The van der Waals surface area contributed by atoms with Gasteiger partial charge in [-0.2, -0.15) is 4.31 Å². The number of methoxy groups -OCH3 is 1. The molecule has 0 fully saturated rings. The molecule has 0 N–H and O–H groups in total.